The third-order valence-electron chi connectivity index (χ3n) is 11.6. The van der Waals surface area contributed by atoms with Crippen molar-refractivity contribution >= 4 is 43.6 Å². The number of para-hydroxylation sites is 2. The summed E-state index contributed by atoms with van der Waals surface area (Å²) in [6, 6.07) is 56.1. The lowest BCUT2D eigenvalue weighted by molar-refractivity contribution is -0.137. The number of rotatable bonds is 5. The highest BCUT2D eigenvalue weighted by molar-refractivity contribution is 6.13. The van der Waals surface area contributed by atoms with Gasteiger partial charge in [-0.05, 0) is 120 Å². The number of fused-ring (bicyclic) bond motifs is 6. The number of aryl methyl sites for hydroxylation is 2. The predicted molar refractivity (Wildman–Crippen MR) is 235 cm³/mol. The summed E-state index contributed by atoms with van der Waals surface area (Å²) < 4.78 is 48.3. The number of aromatic nitrogens is 2. The molecule has 0 saturated carbocycles. The first kappa shape index (κ1) is 36.5. The smallest absolute Gasteiger partial charge is 0.308 e. The highest BCUT2D eigenvalue weighted by atomic mass is 19.4. The SMILES string of the molecule is Cc1ccccc1-c1ccc2c(c1)c1ccccc1n2-c1cc(C#N)cc(-n2c3ccccc3c3cc(-c4ccccc4C)ccc32)c1-c1cc(C#N)cc(C(F)(F)F)c1. The normalized spacial score (nSPS) is 11.7. The number of hydrogen-bond donors (Lipinski definition) is 0. The summed E-state index contributed by atoms with van der Waals surface area (Å²) in [6.07, 6.45) is -4.73. The number of alkyl halides is 3. The Bertz CT molecular complexity index is 3300. The fraction of sp³-hybridized carbons (Fsp3) is 0.0566. The molecule has 0 N–H and O–H groups in total. The van der Waals surface area contributed by atoms with Crippen LogP contribution in [0.25, 0.3) is 88.4 Å². The van der Waals surface area contributed by atoms with Gasteiger partial charge in [0.05, 0.1) is 62.3 Å². The molecule has 2 aromatic heterocycles. The van der Waals surface area contributed by atoms with E-state index in [2.05, 4.69) is 68.4 Å². The predicted octanol–water partition coefficient (Wildman–Crippen LogP) is 14.3. The molecular formula is C53H33F3N4. The molecule has 0 aliphatic rings. The van der Waals surface area contributed by atoms with Gasteiger partial charge < -0.3 is 9.13 Å². The summed E-state index contributed by atoms with van der Waals surface area (Å²) in [5, 5.41) is 24.7. The largest absolute Gasteiger partial charge is 0.416 e. The van der Waals surface area contributed by atoms with Crippen LogP contribution in [0.4, 0.5) is 13.2 Å². The fourth-order valence-electron chi connectivity index (χ4n) is 8.92. The van der Waals surface area contributed by atoms with E-state index < -0.39 is 11.7 Å². The molecule has 60 heavy (non-hydrogen) atoms. The van der Waals surface area contributed by atoms with Crippen molar-refractivity contribution in [2.24, 2.45) is 0 Å². The van der Waals surface area contributed by atoms with Gasteiger partial charge >= 0.3 is 6.18 Å². The number of benzene rings is 8. The highest BCUT2D eigenvalue weighted by Crippen LogP contribution is 2.45. The molecule has 4 nitrogen and oxygen atoms in total. The summed E-state index contributed by atoms with van der Waals surface area (Å²) in [6.45, 7) is 4.15. The zero-order valence-corrected chi connectivity index (χ0v) is 32.5. The van der Waals surface area contributed by atoms with Gasteiger partial charge in [-0.15, -0.1) is 0 Å². The molecular weight excluding hydrogens is 750 g/mol. The third-order valence-corrected chi connectivity index (χ3v) is 11.6. The molecule has 0 unspecified atom stereocenters. The van der Waals surface area contributed by atoms with Crippen molar-refractivity contribution in [2.45, 2.75) is 20.0 Å². The fourth-order valence-corrected chi connectivity index (χ4v) is 8.92. The molecule has 0 saturated heterocycles. The molecule has 0 amide bonds. The van der Waals surface area contributed by atoms with Crippen LogP contribution in [-0.2, 0) is 6.18 Å². The highest BCUT2D eigenvalue weighted by Gasteiger charge is 2.33. The summed E-state index contributed by atoms with van der Waals surface area (Å²) in [5.74, 6) is 0. The topological polar surface area (TPSA) is 57.4 Å². The molecule has 0 aliphatic carbocycles. The molecule has 0 bridgehead atoms. The molecule has 0 fully saturated rings. The van der Waals surface area contributed by atoms with Gasteiger partial charge in [-0.2, -0.15) is 23.7 Å². The van der Waals surface area contributed by atoms with Crippen LogP contribution in [0.3, 0.4) is 0 Å². The van der Waals surface area contributed by atoms with Crippen LogP contribution in [0.15, 0.2) is 164 Å². The minimum Gasteiger partial charge on any atom is -0.308 e. The van der Waals surface area contributed by atoms with Crippen LogP contribution < -0.4 is 0 Å². The molecule has 2 heterocycles. The zero-order valence-electron chi connectivity index (χ0n) is 32.5. The molecule has 0 aliphatic heterocycles. The molecule has 8 aromatic carbocycles. The van der Waals surface area contributed by atoms with Crippen LogP contribution in [0.2, 0.25) is 0 Å². The van der Waals surface area contributed by atoms with E-state index in [1.807, 2.05) is 100 Å². The minimum absolute atomic E-state index is 0.128. The van der Waals surface area contributed by atoms with Crippen LogP contribution in [0.1, 0.15) is 27.8 Å². The van der Waals surface area contributed by atoms with Crippen molar-refractivity contribution in [1.29, 1.82) is 10.5 Å². The van der Waals surface area contributed by atoms with Crippen molar-refractivity contribution in [3.05, 3.63) is 192 Å². The van der Waals surface area contributed by atoms with E-state index in [1.54, 1.807) is 12.1 Å². The maximum Gasteiger partial charge on any atom is 0.416 e. The quantitative estimate of drug-likeness (QED) is 0.175. The number of nitrogens with zero attached hydrogens (tertiary/aromatic N) is 4. The average molecular weight is 783 g/mol. The first-order valence-corrected chi connectivity index (χ1v) is 19.5. The standard InChI is InChI=1S/C53H33F3N4/c1-32-11-3-5-13-40(32)36-19-21-48-44(28-36)42-15-7-9-17-46(42)59(48)50-25-35(31-58)26-51(52(50)38-23-34(30-57)24-39(27-38)53(54,55)56)60-47-18-10-8-16-43(47)45-29-37(20-22-49(45)60)41-14-6-4-12-33(41)2/h3-29H,1-2H3. The second-order valence-corrected chi connectivity index (χ2v) is 15.2. The Kier molecular flexibility index (Phi) is 8.45. The van der Waals surface area contributed by atoms with E-state index in [-0.39, 0.29) is 11.1 Å². The molecule has 286 valence electrons. The average Bonchev–Trinajstić information content (AvgIpc) is 3.78. The Hall–Kier alpha value is -7.87. The van der Waals surface area contributed by atoms with Crippen LogP contribution >= 0.6 is 0 Å². The van der Waals surface area contributed by atoms with E-state index in [4.69, 9.17) is 0 Å². The van der Waals surface area contributed by atoms with Crippen molar-refractivity contribution in [3.63, 3.8) is 0 Å². The van der Waals surface area contributed by atoms with Gasteiger partial charge in [0.1, 0.15) is 0 Å². The number of halogens is 3. The Labute approximate surface area is 343 Å². The molecule has 7 heteroatoms. The van der Waals surface area contributed by atoms with Gasteiger partial charge in [0.15, 0.2) is 0 Å². The number of hydrogen-bond acceptors (Lipinski definition) is 2. The van der Waals surface area contributed by atoms with Gasteiger partial charge in [0.2, 0.25) is 0 Å². The van der Waals surface area contributed by atoms with Crippen molar-refractivity contribution in [1.82, 2.24) is 9.13 Å². The van der Waals surface area contributed by atoms with Gasteiger partial charge in [0, 0.05) is 27.1 Å². The lowest BCUT2D eigenvalue weighted by Crippen LogP contribution is -2.08. The molecule has 0 radical (unpaired) electrons. The van der Waals surface area contributed by atoms with Crippen LogP contribution in [-0.4, -0.2) is 9.13 Å². The lowest BCUT2D eigenvalue weighted by atomic mass is 9.94. The Morgan fingerprint density at radius 2 is 0.867 bits per heavy atom. The van der Waals surface area contributed by atoms with E-state index in [0.29, 0.717) is 22.5 Å². The molecule has 0 spiro atoms. The third kappa shape index (κ3) is 5.82. The lowest BCUT2D eigenvalue weighted by Gasteiger charge is -2.22. The maximum absolute atomic E-state index is 14.7. The monoisotopic (exact) mass is 782 g/mol. The van der Waals surface area contributed by atoms with Crippen molar-refractivity contribution in [2.75, 3.05) is 0 Å². The maximum atomic E-state index is 14.7. The summed E-state index contributed by atoms with van der Waals surface area (Å²) >= 11 is 0. The summed E-state index contributed by atoms with van der Waals surface area (Å²) in [7, 11) is 0. The molecule has 10 rings (SSSR count). The molecule has 0 atom stereocenters. The second kappa shape index (κ2) is 13.9. The number of nitriles is 2. The van der Waals surface area contributed by atoms with Crippen molar-refractivity contribution < 1.29 is 13.2 Å². The van der Waals surface area contributed by atoms with Crippen LogP contribution in [0, 0.1) is 36.5 Å². The van der Waals surface area contributed by atoms with Gasteiger partial charge in [-0.3, -0.25) is 0 Å². The van der Waals surface area contributed by atoms with E-state index in [1.165, 1.54) is 6.07 Å². The van der Waals surface area contributed by atoms with Gasteiger partial charge in [-0.1, -0.05) is 97.1 Å². The van der Waals surface area contributed by atoms with E-state index in [9.17, 15) is 23.7 Å². The molecule has 10 aromatic rings. The van der Waals surface area contributed by atoms with Crippen molar-refractivity contribution in [3.8, 4) is 56.9 Å². The van der Waals surface area contributed by atoms with E-state index in [0.717, 1.165) is 89.1 Å². The zero-order chi connectivity index (χ0) is 41.3. The summed E-state index contributed by atoms with van der Waals surface area (Å²) in [5.41, 5.74) is 10.7. The summed E-state index contributed by atoms with van der Waals surface area (Å²) in [4.78, 5) is 0. The second-order valence-electron chi connectivity index (χ2n) is 15.2. The first-order chi connectivity index (χ1) is 29.1. The first-order valence-electron chi connectivity index (χ1n) is 19.5. The minimum atomic E-state index is -4.73. The Morgan fingerprint density at radius 3 is 1.33 bits per heavy atom. The van der Waals surface area contributed by atoms with E-state index >= 15 is 0 Å². The van der Waals surface area contributed by atoms with Gasteiger partial charge in [0.25, 0.3) is 0 Å². The Balaban J connectivity index is 1.36. The Morgan fingerprint density at radius 1 is 0.433 bits per heavy atom. The van der Waals surface area contributed by atoms with Gasteiger partial charge in [-0.25, -0.2) is 0 Å². The van der Waals surface area contributed by atoms with Crippen LogP contribution in [0.5, 0.6) is 0 Å².